The largest absolute Gasteiger partial charge is 0.494 e. The van der Waals surface area contributed by atoms with E-state index in [0.29, 0.717) is 24.4 Å². The Morgan fingerprint density at radius 3 is 2.29 bits per heavy atom. The lowest BCUT2D eigenvalue weighted by molar-refractivity contribution is -0.485. The van der Waals surface area contributed by atoms with Crippen LogP contribution in [-0.2, 0) is 21.1 Å². The number of hydrogen-bond acceptors (Lipinski definition) is 5. The standard InChI is InChI=1S/C29H40N2O4/c1-32-29(25-16-21-15-22(18-25)19-26(29)17-21)35-34-28-9-5-24(6-10-28)23-3-7-27(8-4-23)33-14-2-12-31-13-11-30-20-31/h3-4,7-8,11,13,20-22,24-26,28H,2,5-6,9-10,12,14-19H2,1H3. The third-order valence-electron chi connectivity index (χ3n) is 9.32. The van der Waals surface area contributed by atoms with E-state index in [1.807, 2.05) is 25.8 Å². The second-order valence-electron chi connectivity index (χ2n) is 11.5. The fraction of sp³-hybridized carbons (Fsp3) is 0.690. The van der Waals surface area contributed by atoms with Gasteiger partial charge in [-0.2, -0.15) is 0 Å². The SMILES string of the molecule is COC1(OOC2CCC(c3ccc(OCCCn4ccnc4)cc3)CC2)C2CC3CC(C2)CC1C3. The molecule has 2 aromatic rings. The molecular weight excluding hydrogens is 440 g/mol. The van der Waals surface area contributed by atoms with Crippen LogP contribution < -0.4 is 4.74 Å². The Labute approximate surface area is 209 Å². The monoisotopic (exact) mass is 480 g/mol. The molecule has 4 bridgehead atoms. The minimum Gasteiger partial charge on any atom is -0.494 e. The molecule has 0 radical (unpaired) electrons. The zero-order valence-electron chi connectivity index (χ0n) is 21.0. The van der Waals surface area contributed by atoms with Crippen molar-refractivity contribution < 1.29 is 19.2 Å². The molecule has 5 saturated carbocycles. The van der Waals surface area contributed by atoms with Crippen molar-refractivity contribution in [3.05, 3.63) is 48.5 Å². The van der Waals surface area contributed by atoms with Gasteiger partial charge in [-0.1, -0.05) is 12.1 Å². The molecule has 1 aromatic carbocycles. The molecule has 0 unspecified atom stereocenters. The number of aryl methyl sites for hydroxylation is 1. The lowest BCUT2D eigenvalue weighted by Crippen LogP contribution is -2.60. The van der Waals surface area contributed by atoms with Crippen molar-refractivity contribution in [2.75, 3.05) is 13.7 Å². The lowest BCUT2D eigenvalue weighted by atomic mass is 9.53. The maximum absolute atomic E-state index is 6.28. The second kappa shape index (κ2) is 10.2. The highest BCUT2D eigenvalue weighted by Gasteiger charge is 2.60. The van der Waals surface area contributed by atoms with Gasteiger partial charge < -0.3 is 14.0 Å². The molecule has 0 N–H and O–H groups in total. The van der Waals surface area contributed by atoms with Crippen LogP contribution in [0.4, 0.5) is 0 Å². The fourth-order valence-electron chi connectivity index (χ4n) is 7.67. The van der Waals surface area contributed by atoms with Crippen LogP contribution >= 0.6 is 0 Å². The first kappa shape index (κ1) is 23.5. The van der Waals surface area contributed by atoms with Gasteiger partial charge in [0.25, 0.3) is 0 Å². The van der Waals surface area contributed by atoms with E-state index < -0.39 is 5.79 Å². The molecule has 7 rings (SSSR count). The molecule has 0 saturated heterocycles. The Morgan fingerprint density at radius 2 is 1.66 bits per heavy atom. The predicted molar refractivity (Wildman–Crippen MR) is 133 cm³/mol. The molecule has 6 heteroatoms. The van der Waals surface area contributed by atoms with E-state index in [0.717, 1.165) is 56.2 Å². The topological polar surface area (TPSA) is 54.7 Å². The Kier molecular flexibility index (Phi) is 6.87. The van der Waals surface area contributed by atoms with Crippen molar-refractivity contribution >= 4 is 0 Å². The van der Waals surface area contributed by atoms with Gasteiger partial charge in [0.2, 0.25) is 5.79 Å². The van der Waals surface area contributed by atoms with Crippen LogP contribution in [0.5, 0.6) is 5.75 Å². The average molecular weight is 481 g/mol. The molecule has 5 fully saturated rings. The molecule has 35 heavy (non-hydrogen) atoms. The number of ether oxygens (including phenoxy) is 2. The second-order valence-corrected chi connectivity index (χ2v) is 11.5. The summed E-state index contributed by atoms with van der Waals surface area (Å²) in [6, 6.07) is 8.71. The zero-order chi connectivity index (χ0) is 23.7. The molecule has 6 nitrogen and oxygen atoms in total. The first-order valence-electron chi connectivity index (χ1n) is 13.8. The molecule has 0 spiro atoms. The average Bonchev–Trinajstić information content (AvgIpc) is 3.41. The third kappa shape index (κ3) is 4.90. The van der Waals surface area contributed by atoms with Crippen molar-refractivity contribution in [1.29, 1.82) is 0 Å². The normalized spacial score (nSPS) is 35.9. The molecule has 1 aromatic heterocycles. The first-order chi connectivity index (χ1) is 17.2. The Hall–Kier alpha value is -1.89. The molecule has 0 aliphatic heterocycles. The summed E-state index contributed by atoms with van der Waals surface area (Å²) in [5.74, 6) is 3.82. The maximum Gasteiger partial charge on any atom is 0.207 e. The summed E-state index contributed by atoms with van der Waals surface area (Å²) in [5, 5.41) is 0. The van der Waals surface area contributed by atoms with E-state index in [1.54, 1.807) is 0 Å². The maximum atomic E-state index is 6.28. The number of methoxy groups -OCH3 is 1. The van der Waals surface area contributed by atoms with Crippen LogP contribution in [0, 0.1) is 23.7 Å². The minimum absolute atomic E-state index is 0.175. The van der Waals surface area contributed by atoms with Gasteiger partial charge in [-0.15, -0.1) is 0 Å². The lowest BCUT2D eigenvalue weighted by Gasteiger charge is -2.58. The zero-order valence-corrected chi connectivity index (χ0v) is 21.0. The summed E-state index contributed by atoms with van der Waals surface area (Å²) in [6.45, 7) is 1.65. The first-order valence-corrected chi connectivity index (χ1v) is 13.8. The number of aromatic nitrogens is 2. The van der Waals surface area contributed by atoms with Crippen molar-refractivity contribution in [2.45, 2.75) is 88.6 Å². The van der Waals surface area contributed by atoms with E-state index in [4.69, 9.17) is 19.2 Å². The molecule has 0 amide bonds. The number of imidazole rings is 1. The Morgan fingerprint density at radius 1 is 0.943 bits per heavy atom. The van der Waals surface area contributed by atoms with Gasteiger partial charge in [0.1, 0.15) is 5.75 Å². The molecular formula is C29H40N2O4. The number of benzene rings is 1. The van der Waals surface area contributed by atoms with Crippen molar-refractivity contribution in [3.8, 4) is 5.75 Å². The Balaban J connectivity index is 0.950. The predicted octanol–water partition coefficient (Wildman–Crippen LogP) is 6.13. The van der Waals surface area contributed by atoms with Crippen molar-refractivity contribution in [2.24, 2.45) is 23.7 Å². The van der Waals surface area contributed by atoms with Crippen LogP contribution in [-0.4, -0.2) is 35.2 Å². The van der Waals surface area contributed by atoms with Gasteiger partial charge in [-0.3, -0.25) is 0 Å². The summed E-state index contributed by atoms with van der Waals surface area (Å²) in [5.41, 5.74) is 1.41. The molecule has 5 aliphatic rings. The third-order valence-corrected chi connectivity index (χ3v) is 9.32. The van der Waals surface area contributed by atoms with Crippen LogP contribution in [0.15, 0.2) is 43.0 Å². The summed E-state index contributed by atoms with van der Waals surface area (Å²) in [4.78, 5) is 16.5. The quantitative estimate of drug-likeness (QED) is 0.177. The number of hydrogen-bond donors (Lipinski definition) is 0. The Bertz CT molecular complexity index is 908. The molecule has 190 valence electrons. The summed E-state index contributed by atoms with van der Waals surface area (Å²) < 4.78 is 14.1. The highest BCUT2D eigenvalue weighted by Crippen LogP contribution is 2.60. The molecule has 5 aliphatic carbocycles. The summed E-state index contributed by atoms with van der Waals surface area (Å²) in [7, 11) is 1.83. The van der Waals surface area contributed by atoms with Gasteiger partial charge in [-0.25, -0.2) is 14.8 Å². The van der Waals surface area contributed by atoms with E-state index in [1.165, 1.54) is 37.7 Å². The van der Waals surface area contributed by atoms with E-state index >= 15 is 0 Å². The van der Waals surface area contributed by atoms with Crippen molar-refractivity contribution in [1.82, 2.24) is 9.55 Å². The number of nitrogens with zero attached hydrogens (tertiary/aromatic N) is 2. The van der Waals surface area contributed by atoms with Crippen LogP contribution in [0.2, 0.25) is 0 Å². The van der Waals surface area contributed by atoms with Gasteiger partial charge >= 0.3 is 0 Å². The van der Waals surface area contributed by atoms with Crippen LogP contribution in [0.1, 0.15) is 75.7 Å². The minimum atomic E-state index is -0.501. The summed E-state index contributed by atoms with van der Waals surface area (Å²) >= 11 is 0. The van der Waals surface area contributed by atoms with E-state index in [2.05, 4.69) is 33.8 Å². The van der Waals surface area contributed by atoms with E-state index in [-0.39, 0.29) is 6.10 Å². The number of rotatable bonds is 10. The van der Waals surface area contributed by atoms with Crippen LogP contribution in [0.25, 0.3) is 0 Å². The highest BCUT2D eigenvalue weighted by molar-refractivity contribution is 5.29. The van der Waals surface area contributed by atoms with Gasteiger partial charge in [0.05, 0.1) is 19.0 Å². The van der Waals surface area contributed by atoms with Gasteiger partial charge in [0.15, 0.2) is 0 Å². The van der Waals surface area contributed by atoms with Crippen molar-refractivity contribution in [3.63, 3.8) is 0 Å². The smallest absolute Gasteiger partial charge is 0.207 e. The molecule has 1 heterocycles. The summed E-state index contributed by atoms with van der Waals surface area (Å²) in [6.07, 6.45) is 17.6. The van der Waals surface area contributed by atoms with Gasteiger partial charge in [0, 0.05) is 37.9 Å². The molecule has 0 atom stereocenters. The highest BCUT2D eigenvalue weighted by atomic mass is 17.2. The van der Waals surface area contributed by atoms with Gasteiger partial charge in [-0.05, 0) is 99.7 Å². The van der Waals surface area contributed by atoms with E-state index in [9.17, 15) is 0 Å². The fourth-order valence-corrected chi connectivity index (χ4v) is 7.67. The van der Waals surface area contributed by atoms with Crippen LogP contribution in [0.3, 0.4) is 0 Å².